The molecule has 0 aliphatic heterocycles. The van der Waals surface area contributed by atoms with Crippen LogP contribution in [0.3, 0.4) is 0 Å². The SMILES string of the molecule is C[C@H]([NH2+]C1CCCCCC1)C(=O)Nc1ccccc1. The van der Waals surface area contributed by atoms with Gasteiger partial charge in [-0.05, 0) is 44.7 Å². The summed E-state index contributed by atoms with van der Waals surface area (Å²) in [6.07, 6.45) is 7.85. The predicted octanol–water partition coefficient (Wildman–Crippen LogP) is 2.30. The Morgan fingerprint density at radius 1 is 1.16 bits per heavy atom. The number of quaternary nitrogens is 1. The molecule has 0 heterocycles. The Morgan fingerprint density at radius 2 is 1.79 bits per heavy atom. The van der Waals surface area contributed by atoms with Crippen molar-refractivity contribution in [1.82, 2.24) is 0 Å². The first-order valence-electron chi connectivity index (χ1n) is 7.46. The molecule has 1 aromatic rings. The minimum absolute atomic E-state index is 0.0108. The van der Waals surface area contributed by atoms with Gasteiger partial charge in [0.25, 0.3) is 5.91 Å². The Balaban J connectivity index is 1.81. The highest BCUT2D eigenvalue weighted by Crippen LogP contribution is 2.15. The van der Waals surface area contributed by atoms with Crippen LogP contribution >= 0.6 is 0 Å². The highest BCUT2D eigenvalue weighted by atomic mass is 16.2. The van der Waals surface area contributed by atoms with E-state index in [1.807, 2.05) is 37.3 Å². The monoisotopic (exact) mass is 261 g/mol. The molecule has 0 saturated heterocycles. The zero-order valence-electron chi connectivity index (χ0n) is 11.8. The van der Waals surface area contributed by atoms with Crippen LogP contribution in [0.2, 0.25) is 0 Å². The Labute approximate surface area is 115 Å². The van der Waals surface area contributed by atoms with Crippen molar-refractivity contribution in [1.29, 1.82) is 0 Å². The summed E-state index contributed by atoms with van der Waals surface area (Å²) in [6, 6.07) is 10.3. The number of hydrogen-bond acceptors (Lipinski definition) is 1. The van der Waals surface area contributed by atoms with E-state index in [9.17, 15) is 4.79 Å². The Bertz CT molecular complexity index is 383. The van der Waals surface area contributed by atoms with Gasteiger partial charge in [0.15, 0.2) is 6.04 Å². The molecule has 1 atom stereocenters. The third-order valence-corrected chi connectivity index (χ3v) is 3.92. The number of benzene rings is 1. The van der Waals surface area contributed by atoms with Crippen molar-refractivity contribution >= 4 is 11.6 Å². The largest absolute Gasteiger partial charge is 0.334 e. The summed E-state index contributed by atoms with van der Waals surface area (Å²) < 4.78 is 0. The van der Waals surface area contributed by atoms with E-state index < -0.39 is 0 Å². The molecule has 19 heavy (non-hydrogen) atoms. The highest BCUT2D eigenvalue weighted by molar-refractivity contribution is 5.93. The number of carbonyl (C=O) groups is 1. The molecule has 3 heteroatoms. The number of carbonyl (C=O) groups excluding carboxylic acids is 1. The average molecular weight is 261 g/mol. The Hall–Kier alpha value is -1.35. The lowest BCUT2D eigenvalue weighted by molar-refractivity contribution is -0.707. The van der Waals surface area contributed by atoms with Crippen molar-refractivity contribution in [2.45, 2.75) is 57.5 Å². The molecule has 3 N–H and O–H groups in total. The van der Waals surface area contributed by atoms with Gasteiger partial charge in [0, 0.05) is 5.69 Å². The van der Waals surface area contributed by atoms with E-state index in [0.717, 1.165) is 5.69 Å². The second kappa shape index (κ2) is 7.29. The Morgan fingerprint density at radius 3 is 2.42 bits per heavy atom. The zero-order valence-corrected chi connectivity index (χ0v) is 11.8. The van der Waals surface area contributed by atoms with Gasteiger partial charge in [-0.15, -0.1) is 0 Å². The molecular weight excluding hydrogens is 236 g/mol. The van der Waals surface area contributed by atoms with Crippen LogP contribution < -0.4 is 10.6 Å². The van der Waals surface area contributed by atoms with E-state index >= 15 is 0 Å². The molecule has 1 fully saturated rings. The molecule has 104 valence electrons. The lowest BCUT2D eigenvalue weighted by Gasteiger charge is -2.18. The first-order chi connectivity index (χ1) is 9.25. The summed E-state index contributed by atoms with van der Waals surface area (Å²) in [5.74, 6) is 0.107. The number of nitrogens with one attached hydrogen (secondary N) is 1. The first kappa shape index (κ1) is 14.1. The second-order valence-corrected chi connectivity index (χ2v) is 5.59. The molecule has 3 nitrogen and oxygen atoms in total. The van der Waals surface area contributed by atoms with Gasteiger partial charge in [-0.25, -0.2) is 0 Å². The van der Waals surface area contributed by atoms with Gasteiger partial charge in [0.2, 0.25) is 0 Å². The van der Waals surface area contributed by atoms with Crippen LogP contribution in [0.25, 0.3) is 0 Å². The minimum atomic E-state index is -0.0108. The minimum Gasteiger partial charge on any atom is -0.334 e. The molecule has 1 aliphatic carbocycles. The molecule has 1 aliphatic rings. The van der Waals surface area contributed by atoms with Crippen LogP contribution in [0.4, 0.5) is 5.69 Å². The van der Waals surface area contributed by atoms with Crippen molar-refractivity contribution in [2.75, 3.05) is 5.32 Å². The van der Waals surface area contributed by atoms with E-state index in [1.165, 1.54) is 38.5 Å². The van der Waals surface area contributed by atoms with E-state index in [1.54, 1.807) is 0 Å². The molecule has 1 amide bonds. The molecule has 1 saturated carbocycles. The van der Waals surface area contributed by atoms with Crippen LogP contribution in [0.5, 0.6) is 0 Å². The van der Waals surface area contributed by atoms with Crippen molar-refractivity contribution < 1.29 is 10.1 Å². The topological polar surface area (TPSA) is 45.7 Å². The van der Waals surface area contributed by atoms with Crippen LogP contribution in [-0.2, 0) is 4.79 Å². The van der Waals surface area contributed by atoms with Gasteiger partial charge in [0.1, 0.15) is 0 Å². The smallest absolute Gasteiger partial charge is 0.282 e. The number of amides is 1. The summed E-state index contributed by atoms with van der Waals surface area (Å²) in [6.45, 7) is 2.00. The number of anilines is 1. The van der Waals surface area contributed by atoms with Crippen LogP contribution in [-0.4, -0.2) is 18.0 Å². The van der Waals surface area contributed by atoms with Crippen molar-refractivity contribution in [3.05, 3.63) is 30.3 Å². The van der Waals surface area contributed by atoms with E-state index in [-0.39, 0.29) is 11.9 Å². The highest BCUT2D eigenvalue weighted by Gasteiger charge is 2.22. The van der Waals surface area contributed by atoms with Crippen LogP contribution in [0.15, 0.2) is 30.3 Å². The summed E-state index contributed by atoms with van der Waals surface area (Å²) in [5.41, 5.74) is 0.883. The van der Waals surface area contributed by atoms with E-state index in [4.69, 9.17) is 0 Å². The molecule has 0 aromatic heterocycles. The van der Waals surface area contributed by atoms with Crippen molar-refractivity contribution in [2.24, 2.45) is 0 Å². The molecule has 2 rings (SSSR count). The number of hydrogen-bond donors (Lipinski definition) is 2. The summed E-state index contributed by atoms with van der Waals surface area (Å²) in [4.78, 5) is 12.1. The van der Waals surface area contributed by atoms with E-state index in [2.05, 4.69) is 10.6 Å². The maximum Gasteiger partial charge on any atom is 0.282 e. The standard InChI is InChI=1S/C16H24N2O/c1-13(17-14-9-5-2-3-6-10-14)16(19)18-15-11-7-4-8-12-15/h4,7-8,11-14,17H,2-3,5-6,9-10H2,1H3,(H,18,19)/p+1/t13-/m0/s1. The van der Waals surface area contributed by atoms with Crippen molar-refractivity contribution in [3.8, 4) is 0 Å². The van der Waals surface area contributed by atoms with Gasteiger partial charge in [-0.3, -0.25) is 4.79 Å². The molecule has 0 radical (unpaired) electrons. The zero-order chi connectivity index (χ0) is 13.5. The van der Waals surface area contributed by atoms with Crippen LogP contribution in [0, 0.1) is 0 Å². The van der Waals surface area contributed by atoms with Gasteiger partial charge >= 0.3 is 0 Å². The fourth-order valence-corrected chi connectivity index (χ4v) is 2.78. The van der Waals surface area contributed by atoms with Crippen molar-refractivity contribution in [3.63, 3.8) is 0 Å². The fourth-order valence-electron chi connectivity index (χ4n) is 2.78. The maximum absolute atomic E-state index is 12.1. The van der Waals surface area contributed by atoms with E-state index in [0.29, 0.717) is 6.04 Å². The maximum atomic E-state index is 12.1. The number of nitrogens with two attached hydrogens (primary N) is 1. The second-order valence-electron chi connectivity index (χ2n) is 5.59. The van der Waals surface area contributed by atoms with Gasteiger partial charge in [0.05, 0.1) is 6.04 Å². The molecule has 0 spiro atoms. The molecule has 0 bridgehead atoms. The summed E-state index contributed by atoms with van der Waals surface area (Å²) >= 11 is 0. The molecular formula is C16H25N2O+. The third kappa shape index (κ3) is 4.67. The van der Waals surface area contributed by atoms with Gasteiger partial charge in [-0.2, -0.15) is 0 Å². The summed E-state index contributed by atoms with van der Waals surface area (Å²) in [5, 5.41) is 5.23. The normalized spacial score (nSPS) is 18.6. The lowest BCUT2D eigenvalue weighted by atomic mass is 10.1. The fraction of sp³-hybridized carbons (Fsp3) is 0.562. The quantitative estimate of drug-likeness (QED) is 0.803. The third-order valence-electron chi connectivity index (χ3n) is 3.92. The number of rotatable bonds is 4. The van der Waals surface area contributed by atoms with Gasteiger partial charge < -0.3 is 10.6 Å². The summed E-state index contributed by atoms with van der Waals surface area (Å²) in [7, 11) is 0. The average Bonchev–Trinajstić information content (AvgIpc) is 2.68. The van der Waals surface area contributed by atoms with Gasteiger partial charge in [-0.1, -0.05) is 31.0 Å². The predicted molar refractivity (Wildman–Crippen MR) is 77.9 cm³/mol. The number of para-hydroxylation sites is 1. The van der Waals surface area contributed by atoms with Crippen LogP contribution in [0.1, 0.15) is 45.4 Å². The molecule has 0 unspecified atom stereocenters. The Kier molecular flexibility index (Phi) is 5.40. The molecule has 1 aromatic carbocycles. The first-order valence-corrected chi connectivity index (χ1v) is 7.46. The lowest BCUT2D eigenvalue weighted by Crippen LogP contribution is -2.96.